The minimum atomic E-state index is -0.412. The van der Waals surface area contributed by atoms with E-state index in [4.69, 9.17) is 15.0 Å². The van der Waals surface area contributed by atoms with Crippen LogP contribution in [-0.4, -0.2) is 19.5 Å². The second kappa shape index (κ2) is 13.4. The maximum atomic E-state index is 5.33. The van der Waals surface area contributed by atoms with E-state index in [1.165, 1.54) is 44.5 Å². The summed E-state index contributed by atoms with van der Waals surface area (Å²) in [5.74, 6) is 1.90. The lowest BCUT2D eigenvalue weighted by molar-refractivity contribution is 0.794. The van der Waals surface area contributed by atoms with Gasteiger partial charge in [0.15, 0.2) is 17.5 Å². The Morgan fingerprint density at radius 3 is 1.50 bits per heavy atom. The molecule has 0 bridgehead atoms. The molecule has 11 aromatic rings. The molecule has 2 aliphatic rings. The molecule has 0 saturated heterocycles. The number of para-hydroxylation sites is 2. The zero-order chi connectivity index (χ0) is 40.8. The summed E-state index contributed by atoms with van der Waals surface area (Å²) < 4.78 is 2.33. The predicted molar refractivity (Wildman–Crippen MR) is 252 cm³/mol. The number of nitrogens with zero attached hydrogens (tertiary/aromatic N) is 4. The molecular weight excluding hydrogens is 753 g/mol. The van der Waals surface area contributed by atoms with Gasteiger partial charge in [0.25, 0.3) is 0 Å². The van der Waals surface area contributed by atoms with E-state index in [2.05, 4.69) is 205 Å². The summed E-state index contributed by atoms with van der Waals surface area (Å²) in [5, 5.41) is 2.26. The molecule has 0 amide bonds. The highest BCUT2D eigenvalue weighted by Gasteiger charge is 2.51. The lowest BCUT2D eigenvalue weighted by Gasteiger charge is -2.30. The molecular formula is C58H36N4. The molecule has 1 spiro atoms. The highest BCUT2D eigenvalue weighted by atomic mass is 15.0. The van der Waals surface area contributed by atoms with Crippen molar-refractivity contribution < 1.29 is 0 Å². The van der Waals surface area contributed by atoms with Crippen molar-refractivity contribution in [2.75, 3.05) is 0 Å². The summed E-state index contributed by atoms with van der Waals surface area (Å²) in [6.07, 6.45) is 0. The smallest absolute Gasteiger partial charge is 0.164 e. The Bertz CT molecular complexity index is 3520. The van der Waals surface area contributed by atoms with Crippen LogP contribution in [0.2, 0.25) is 0 Å². The monoisotopic (exact) mass is 788 g/mol. The highest BCUT2D eigenvalue weighted by Crippen LogP contribution is 2.63. The Morgan fingerprint density at radius 1 is 0.306 bits per heavy atom. The molecule has 4 heteroatoms. The number of rotatable bonds is 5. The topological polar surface area (TPSA) is 43.6 Å². The first-order valence-corrected chi connectivity index (χ1v) is 21.2. The van der Waals surface area contributed by atoms with Crippen LogP contribution < -0.4 is 0 Å². The average molecular weight is 789 g/mol. The van der Waals surface area contributed by atoms with Crippen molar-refractivity contribution >= 4 is 21.8 Å². The number of hydrogen-bond donors (Lipinski definition) is 0. The van der Waals surface area contributed by atoms with Crippen LogP contribution in [0, 0.1) is 0 Å². The van der Waals surface area contributed by atoms with Gasteiger partial charge in [-0.05, 0) is 92.0 Å². The molecule has 4 nitrogen and oxygen atoms in total. The molecule has 2 aromatic heterocycles. The number of aromatic nitrogens is 4. The Kier molecular flexibility index (Phi) is 7.49. The zero-order valence-corrected chi connectivity index (χ0v) is 33.6. The van der Waals surface area contributed by atoms with E-state index in [-0.39, 0.29) is 0 Å². The summed E-state index contributed by atoms with van der Waals surface area (Å²) >= 11 is 0. The van der Waals surface area contributed by atoms with Crippen LogP contribution in [0.1, 0.15) is 22.3 Å². The summed E-state index contributed by atoms with van der Waals surface area (Å²) in [6.45, 7) is 0. The minimum absolute atomic E-state index is 0.412. The summed E-state index contributed by atoms with van der Waals surface area (Å²) in [4.78, 5) is 15.8. The molecule has 0 N–H and O–H groups in total. The summed E-state index contributed by atoms with van der Waals surface area (Å²) in [7, 11) is 0. The standard InChI is InChI=1S/C58H36N4/c1-3-17-37(18-4-1)55-59-56(61-57(60-55)47-27-16-32-53-54(47)46-26-10-14-31-52(46)62(53)41-21-5-2-6-22-41)40-20-15-19-38(35-40)39-33-34-45-44-25-9-13-30-50(44)58(51(45)36-39)48-28-11-7-23-42(48)43-24-8-12-29-49(43)58/h1-36H. The molecule has 13 rings (SSSR count). The Morgan fingerprint density at radius 2 is 0.790 bits per heavy atom. The Balaban J connectivity index is 0.995. The second-order valence-electron chi connectivity index (χ2n) is 16.3. The van der Waals surface area contributed by atoms with Crippen LogP contribution >= 0.6 is 0 Å². The predicted octanol–water partition coefficient (Wildman–Crippen LogP) is 14.0. The van der Waals surface area contributed by atoms with Gasteiger partial charge in [0, 0.05) is 33.2 Å². The van der Waals surface area contributed by atoms with Gasteiger partial charge in [-0.3, -0.25) is 0 Å². The summed E-state index contributed by atoms with van der Waals surface area (Å²) in [5.41, 5.74) is 18.5. The molecule has 62 heavy (non-hydrogen) atoms. The van der Waals surface area contributed by atoms with Gasteiger partial charge in [-0.2, -0.15) is 0 Å². The first-order valence-electron chi connectivity index (χ1n) is 21.2. The number of hydrogen-bond acceptors (Lipinski definition) is 3. The fourth-order valence-electron chi connectivity index (χ4n) is 10.5. The van der Waals surface area contributed by atoms with Crippen LogP contribution in [0.5, 0.6) is 0 Å². The lowest BCUT2D eigenvalue weighted by atomic mass is 9.70. The molecule has 288 valence electrons. The highest BCUT2D eigenvalue weighted by molar-refractivity contribution is 6.15. The van der Waals surface area contributed by atoms with Crippen molar-refractivity contribution in [3.8, 4) is 73.2 Å². The zero-order valence-electron chi connectivity index (χ0n) is 33.6. The molecule has 0 saturated carbocycles. The molecule has 2 heterocycles. The Hall–Kier alpha value is -8.21. The van der Waals surface area contributed by atoms with E-state index in [1.54, 1.807) is 0 Å². The van der Waals surface area contributed by atoms with Crippen molar-refractivity contribution in [2.45, 2.75) is 5.41 Å². The number of fused-ring (bicyclic) bond motifs is 13. The van der Waals surface area contributed by atoms with Gasteiger partial charge in [0.05, 0.1) is 16.4 Å². The van der Waals surface area contributed by atoms with Crippen LogP contribution in [0.15, 0.2) is 218 Å². The van der Waals surface area contributed by atoms with Crippen LogP contribution in [0.4, 0.5) is 0 Å². The largest absolute Gasteiger partial charge is 0.309 e. The van der Waals surface area contributed by atoms with Gasteiger partial charge in [-0.15, -0.1) is 0 Å². The second-order valence-corrected chi connectivity index (χ2v) is 16.3. The van der Waals surface area contributed by atoms with E-state index in [0.29, 0.717) is 17.5 Å². The number of benzene rings is 9. The van der Waals surface area contributed by atoms with E-state index >= 15 is 0 Å². The van der Waals surface area contributed by atoms with Crippen LogP contribution in [0.3, 0.4) is 0 Å². The van der Waals surface area contributed by atoms with Gasteiger partial charge in [0.2, 0.25) is 0 Å². The summed E-state index contributed by atoms with van der Waals surface area (Å²) in [6, 6.07) is 78.5. The van der Waals surface area contributed by atoms with E-state index in [9.17, 15) is 0 Å². The van der Waals surface area contributed by atoms with Crippen LogP contribution in [-0.2, 0) is 5.41 Å². The molecule has 0 aliphatic heterocycles. The molecule has 0 fully saturated rings. The van der Waals surface area contributed by atoms with Crippen molar-refractivity contribution in [1.82, 2.24) is 19.5 Å². The maximum Gasteiger partial charge on any atom is 0.164 e. The van der Waals surface area contributed by atoms with Crippen molar-refractivity contribution in [3.05, 3.63) is 241 Å². The minimum Gasteiger partial charge on any atom is -0.309 e. The quantitative estimate of drug-likeness (QED) is 0.174. The third kappa shape index (κ3) is 4.92. The van der Waals surface area contributed by atoms with E-state index < -0.39 is 5.41 Å². The van der Waals surface area contributed by atoms with Crippen LogP contribution in [0.25, 0.3) is 95.0 Å². The van der Waals surface area contributed by atoms with Gasteiger partial charge in [-0.25, -0.2) is 15.0 Å². The SMILES string of the molecule is c1ccc(-c2nc(-c3cccc(-c4ccc5c(c4)C4(c6ccccc6-c6ccccc64)c4ccccc4-5)c3)nc(-c3cccc4c3c3ccccc3n4-c3ccccc3)n2)cc1. The van der Waals surface area contributed by atoms with Crippen molar-refractivity contribution in [1.29, 1.82) is 0 Å². The molecule has 0 atom stereocenters. The van der Waals surface area contributed by atoms with Crippen molar-refractivity contribution in [3.63, 3.8) is 0 Å². The van der Waals surface area contributed by atoms with E-state index in [0.717, 1.165) is 55.3 Å². The third-order valence-corrected chi connectivity index (χ3v) is 13.1. The van der Waals surface area contributed by atoms with Gasteiger partial charge in [0.1, 0.15) is 0 Å². The Labute approximate surface area is 359 Å². The van der Waals surface area contributed by atoms with E-state index in [1.807, 2.05) is 18.2 Å². The van der Waals surface area contributed by atoms with Gasteiger partial charge >= 0.3 is 0 Å². The molecule has 2 aliphatic carbocycles. The van der Waals surface area contributed by atoms with Crippen molar-refractivity contribution in [2.24, 2.45) is 0 Å². The van der Waals surface area contributed by atoms with Gasteiger partial charge < -0.3 is 4.57 Å². The maximum absolute atomic E-state index is 5.33. The normalized spacial score (nSPS) is 13.0. The van der Waals surface area contributed by atoms with Gasteiger partial charge in [-0.1, -0.05) is 182 Å². The first kappa shape index (κ1) is 34.6. The third-order valence-electron chi connectivity index (χ3n) is 13.1. The molecule has 0 radical (unpaired) electrons. The fourth-order valence-corrected chi connectivity index (χ4v) is 10.5. The average Bonchev–Trinajstić information content (AvgIpc) is 3.96. The molecule has 0 unspecified atom stereocenters. The fraction of sp³-hybridized carbons (Fsp3) is 0.0172. The first-order chi connectivity index (χ1) is 30.8. The molecule has 9 aromatic carbocycles. The lowest BCUT2D eigenvalue weighted by Crippen LogP contribution is -2.25.